The van der Waals surface area contributed by atoms with Crippen LogP contribution in [0.3, 0.4) is 0 Å². The monoisotopic (exact) mass is 248 g/mol. The molecule has 2 rings (SSSR count). The quantitative estimate of drug-likeness (QED) is 0.888. The Labute approximate surface area is 105 Å². The first-order valence-corrected chi connectivity index (χ1v) is 5.81. The molecule has 0 saturated heterocycles. The van der Waals surface area contributed by atoms with E-state index >= 15 is 0 Å². The van der Waals surface area contributed by atoms with E-state index in [0.29, 0.717) is 10.6 Å². The van der Waals surface area contributed by atoms with E-state index in [1.807, 2.05) is 26.0 Å². The average Bonchev–Trinajstić information content (AvgIpc) is 2.28. The summed E-state index contributed by atoms with van der Waals surface area (Å²) in [6, 6.07) is 7.42. The fourth-order valence-corrected chi connectivity index (χ4v) is 1.82. The van der Waals surface area contributed by atoms with Gasteiger partial charge in [-0.1, -0.05) is 23.7 Å². The number of para-hydroxylation sites is 1. The van der Waals surface area contributed by atoms with Crippen molar-refractivity contribution in [2.75, 3.05) is 0 Å². The van der Waals surface area contributed by atoms with Crippen LogP contribution in [0.15, 0.2) is 30.5 Å². The summed E-state index contributed by atoms with van der Waals surface area (Å²) in [5, 5.41) is 4.29. The maximum atomic E-state index is 11.8. The number of amides is 1. The van der Waals surface area contributed by atoms with Crippen LogP contribution in [0.5, 0.6) is 0 Å². The first-order valence-electron chi connectivity index (χ1n) is 5.43. The van der Waals surface area contributed by atoms with Crippen molar-refractivity contribution in [3.8, 4) is 0 Å². The van der Waals surface area contributed by atoms with Crippen molar-refractivity contribution >= 4 is 28.4 Å². The van der Waals surface area contributed by atoms with Gasteiger partial charge in [-0.05, 0) is 26.0 Å². The third kappa shape index (κ3) is 2.56. The van der Waals surface area contributed by atoms with Crippen molar-refractivity contribution in [3.63, 3.8) is 0 Å². The second kappa shape index (κ2) is 4.72. The summed E-state index contributed by atoms with van der Waals surface area (Å²) in [5.41, 5.74) is 1.27. The number of carbonyl (C=O) groups is 1. The van der Waals surface area contributed by atoms with Crippen LogP contribution < -0.4 is 5.32 Å². The van der Waals surface area contributed by atoms with Crippen molar-refractivity contribution in [2.24, 2.45) is 0 Å². The average molecular weight is 249 g/mol. The van der Waals surface area contributed by atoms with Crippen LogP contribution in [0.1, 0.15) is 24.2 Å². The highest BCUT2D eigenvalue weighted by Crippen LogP contribution is 2.21. The molecule has 1 N–H and O–H groups in total. The fraction of sp³-hybridized carbons (Fsp3) is 0.231. The van der Waals surface area contributed by atoms with Crippen LogP contribution in [-0.4, -0.2) is 16.9 Å². The van der Waals surface area contributed by atoms with Gasteiger partial charge in [0.2, 0.25) is 0 Å². The molecular formula is C13H13ClN2O. The molecule has 0 spiro atoms. The zero-order chi connectivity index (χ0) is 12.4. The largest absolute Gasteiger partial charge is 0.350 e. The maximum Gasteiger partial charge on any atom is 0.253 e. The van der Waals surface area contributed by atoms with E-state index in [2.05, 4.69) is 10.3 Å². The van der Waals surface area contributed by atoms with Crippen molar-refractivity contribution in [1.82, 2.24) is 10.3 Å². The molecule has 17 heavy (non-hydrogen) atoms. The van der Waals surface area contributed by atoms with E-state index < -0.39 is 0 Å². The lowest BCUT2D eigenvalue weighted by Crippen LogP contribution is -2.30. The smallest absolute Gasteiger partial charge is 0.253 e. The van der Waals surface area contributed by atoms with Crippen LogP contribution in [0, 0.1) is 0 Å². The molecule has 0 aliphatic heterocycles. The second-order valence-electron chi connectivity index (χ2n) is 4.16. The summed E-state index contributed by atoms with van der Waals surface area (Å²) in [7, 11) is 0. The van der Waals surface area contributed by atoms with Gasteiger partial charge in [0.1, 0.15) is 0 Å². The lowest BCUT2D eigenvalue weighted by Gasteiger charge is -2.08. The Morgan fingerprint density at radius 2 is 2.18 bits per heavy atom. The van der Waals surface area contributed by atoms with Gasteiger partial charge >= 0.3 is 0 Å². The second-order valence-corrected chi connectivity index (χ2v) is 4.57. The summed E-state index contributed by atoms with van der Waals surface area (Å²) >= 11 is 6.01. The number of hydrogen-bond acceptors (Lipinski definition) is 2. The molecular weight excluding hydrogens is 236 g/mol. The number of fused-ring (bicyclic) bond motifs is 1. The molecule has 4 heteroatoms. The molecule has 0 radical (unpaired) electrons. The summed E-state index contributed by atoms with van der Waals surface area (Å²) in [5.74, 6) is -0.116. The normalized spacial score (nSPS) is 10.8. The molecule has 0 unspecified atom stereocenters. The molecule has 1 aromatic carbocycles. The molecule has 1 aromatic heterocycles. The minimum absolute atomic E-state index is 0.109. The van der Waals surface area contributed by atoms with Gasteiger partial charge in [-0.15, -0.1) is 0 Å². The Hall–Kier alpha value is -1.61. The van der Waals surface area contributed by atoms with Gasteiger partial charge in [0.15, 0.2) is 0 Å². The zero-order valence-electron chi connectivity index (χ0n) is 9.70. The van der Waals surface area contributed by atoms with Gasteiger partial charge in [0.05, 0.1) is 16.1 Å². The van der Waals surface area contributed by atoms with Gasteiger partial charge < -0.3 is 5.32 Å². The Bertz CT molecular complexity index is 566. The van der Waals surface area contributed by atoms with Crippen LogP contribution in [0.25, 0.3) is 10.9 Å². The molecule has 0 saturated carbocycles. The maximum absolute atomic E-state index is 11.8. The highest BCUT2D eigenvalue weighted by atomic mass is 35.5. The van der Waals surface area contributed by atoms with Gasteiger partial charge in [0, 0.05) is 17.6 Å². The first-order chi connectivity index (χ1) is 8.08. The molecule has 1 amide bonds. The highest BCUT2D eigenvalue weighted by molar-refractivity contribution is 6.35. The fourth-order valence-electron chi connectivity index (χ4n) is 1.59. The molecule has 2 aromatic rings. The van der Waals surface area contributed by atoms with Gasteiger partial charge in [-0.25, -0.2) is 0 Å². The molecule has 3 nitrogen and oxygen atoms in total. The molecule has 1 heterocycles. The Morgan fingerprint density at radius 3 is 2.88 bits per heavy atom. The third-order valence-electron chi connectivity index (χ3n) is 2.34. The van der Waals surface area contributed by atoms with Gasteiger partial charge in [0.25, 0.3) is 5.91 Å². The van der Waals surface area contributed by atoms with E-state index in [4.69, 9.17) is 11.6 Å². The van der Waals surface area contributed by atoms with E-state index in [1.54, 1.807) is 18.3 Å². The molecule has 0 aliphatic rings. The van der Waals surface area contributed by atoms with E-state index in [-0.39, 0.29) is 11.9 Å². The highest BCUT2D eigenvalue weighted by Gasteiger charge is 2.09. The van der Waals surface area contributed by atoms with Crippen molar-refractivity contribution in [3.05, 3.63) is 41.0 Å². The predicted molar refractivity (Wildman–Crippen MR) is 69.4 cm³/mol. The van der Waals surface area contributed by atoms with Crippen molar-refractivity contribution < 1.29 is 4.79 Å². The number of aromatic nitrogens is 1. The molecule has 0 atom stereocenters. The SMILES string of the molecule is CC(C)NC(=O)c1cnc2c(Cl)cccc2c1. The Morgan fingerprint density at radius 1 is 1.41 bits per heavy atom. The summed E-state index contributed by atoms with van der Waals surface area (Å²) in [6.45, 7) is 3.84. The predicted octanol–water partition coefficient (Wildman–Crippen LogP) is 3.03. The van der Waals surface area contributed by atoms with E-state index in [1.165, 1.54) is 0 Å². The number of halogens is 1. The Balaban J connectivity index is 2.42. The number of hydrogen-bond donors (Lipinski definition) is 1. The number of carbonyl (C=O) groups excluding carboxylic acids is 1. The van der Waals surface area contributed by atoms with Gasteiger partial charge in [-0.2, -0.15) is 0 Å². The number of benzene rings is 1. The first kappa shape index (κ1) is 11.9. The lowest BCUT2D eigenvalue weighted by molar-refractivity contribution is 0.0943. The molecule has 0 bridgehead atoms. The summed E-state index contributed by atoms with van der Waals surface area (Å²) in [6.07, 6.45) is 1.55. The Kier molecular flexibility index (Phi) is 3.29. The van der Waals surface area contributed by atoms with Gasteiger partial charge in [-0.3, -0.25) is 9.78 Å². The van der Waals surface area contributed by atoms with Crippen molar-refractivity contribution in [2.45, 2.75) is 19.9 Å². The van der Waals surface area contributed by atoms with Crippen LogP contribution >= 0.6 is 11.6 Å². The number of pyridine rings is 1. The van der Waals surface area contributed by atoms with Crippen molar-refractivity contribution in [1.29, 1.82) is 0 Å². The summed E-state index contributed by atoms with van der Waals surface area (Å²) in [4.78, 5) is 16.0. The van der Waals surface area contributed by atoms with Crippen LogP contribution in [-0.2, 0) is 0 Å². The minimum Gasteiger partial charge on any atom is -0.350 e. The molecule has 88 valence electrons. The third-order valence-corrected chi connectivity index (χ3v) is 2.65. The summed E-state index contributed by atoms with van der Waals surface area (Å²) < 4.78 is 0. The number of nitrogens with zero attached hydrogens (tertiary/aromatic N) is 1. The van der Waals surface area contributed by atoms with Crippen LogP contribution in [0.2, 0.25) is 5.02 Å². The van der Waals surface area contributed by atoms with E-state index in [0.717, 1.165) is 10.9 Å². The molecule has 0 fully saturated rings. The number of rotatable bonds is 2. The molecule has 0 aliphatic carbocycles. The minimum atomic E-state index is -0.116. The topological polar surface area (TPSA) is 42.0 Å². The van der Waals surface area contributed by atoms with Crippen LogP contribution in [0.4, 0.5) is 0 Å². The standard InChI is InChI=1S/C13H13ClN2O/c1-8(2)16-13(17)10-6-9-4-3-5-11(14)12(9)15-7-10/h3-8H,1-2H3,(H,16,17). The number of nitrogens with one attached hydrogen (secondary N) is 1. The van der Waals surface area contributed by atoms with E-state index in [9.17, 15) is 4.79 Å². The zero-order valence-corrected chi connectivity index (χ0v) is 10.5. The lowest BCUT2D eigenvalue weighted by atomic mass is 10.1.